The molecule has 0 radical (unpaired) electrons. The van der Waals surface area contributed by atoms with Gasteiger partial charge >= 0.3 is 11.9 Å². The van der Waals surface area contributed by atoms with Gasteiger partial charge in [0.25, 0.3) is 0 Å². The lowest BCUT2D eigenvalue weighted by Gasteiger charge is -2.49. The molecular formula is C28H44N2O23. The molecular weight excluding hydrogens is 732 g/mol. The second-order valence-electron chi connectivity index (χ2n) is 12.7. The Morgan fingerprint density at radius 3 is 1.43 bits per heavy atom. The standard InChI is InChI=1S/C28H44N2O23/c1-5(33)29-9-18(11(35)7(3-31)47-25(9)46)49-28-17(41)15(39)20(22(53-28)24(44)45)51-26-10(30-6(2)34)19(12(36)8(4-32)48-26)50-27-16(40)13(37)14(38)21(52-27)23(42)43/h7-22,25-28,31-32,35-41,46H,3-4H2,1-2H3,(H,29,33)(H,30,34)(H,42,43)(H,44,45)/t7-,8-,9-,10-,11-,12-,13+,14+,15-,16-,17-,18-,19-,20+,21+,22+,25-,26+,27-,28-/m1/s1. The molecule has 20 atom stereocenters. The van der Waals surface area contributed by atoms with E-state index in [-0.39, 0.29) is 0 Å². The van der Waals surface area contributed by atoms with Crippen molar-refractivity contribution in [3.8, 4) is 0 Å². The second-order valence-corrected chi connectivity index (χ2v) is 12.7. The zero-order valence-electron chi connectivity index (χ0n) is 27.8. The summed E-state index contributed by atoms with van der Waals surface area (Å²) in [5, 5.41) is 129. The summed E-state index contributed by atoms with van der Waals surface area (Å²) in [7, 11) is 0. The van der Waals surface area contributed by atoms with Gasteiger partial charge in [-0.1, -0.05) is 0 Å². The van der Waals surface area contributed by atoms with Gasteiger partial charge in [0.2, 0.25) is 11.8 Å². The van der Waals surface area contributed by atoms with Crippen LogP contribution in [0, 0.1) is 0 Å². The van der Waals surface area contributed by atoms with Crippen LogP contribution in [0.1, 0.15) is 13.8 Å². The highest BCUT2D eigenvalue weighted by molar-refractivity contribution is 5.74. The first-order chi connectivity index (χ1) is 24.8. The van der Waals surface area contributed by atoms with Crippen molar-refractivity contribution < 1.29 is 114 Å². The van der Waals surface area contributed by atoms with Crippen molar-refractivity contribution in [2.45, 2.75) is 137 Å². The van der Waals surface area contributed by atoms with Gasteiger partial charge in [-0.3, -0.25) is 9.59 Å². The average Bonchev–Trinajstić information content (AvgIpc) is 3.08. The molecule has 0 unspecified atom stereocenters. The third-order valence-electron chi connectivity index (χ3n) is 8.94. The van der Waals surface area contributed by atoms with Crippen molar-refractivity contribution in [2.75, 3.05) is 13.2 Å². The number of rotatable bonds is 12. The first-order valence-electron chi connectivity index (χ1n) is 16.1. The van der Waals surface area contributed by atoms with Crippen LogP contribution in [0.4, 0.5) is 0 Å². The number of aliphatic hydroxyl groups excluding tert-OH is 10. The Morgan fingerprint density at radius 2 is 0.943 bits per heavy atom. The maximum atomic E-state index is 12.5. The molecule has 4 aliphatic heterocycles. The van der Waals surface area contributed by atoms with E-state index < -0.39 is 160 Å². The van der Waals surface area contributed by atoms with Crippen LogP contribution in [-0.4, -0.2) is 221 Å². The van der Waals surface area contributed by atoms with Crippen LogP contribution in [0.15, 0.2) is 0 Å². The molecule has 4 aliphatic rings. The van der Waals surface area contributed by atoms with Crippen LogP contribution in [0.5, 0.6) is 0 Å². The second kappa shape index (κ2) is 17.8. The number of hydrogen-bond donors (Lipinski definition) is 14. The monoisotopic (exact) mass is 776 g/mol. The van der Waals surface area contributed by atoms with E-state index in [0.29, 0.717) is 0 Å². The fourth-order valence-electron chi connectivity index (χ4n) is 6.30. The molecule has 0 bridgehead atoms. The largest absolute Gasteiger partial charge is 0.479 e. The smallest absolute Gasteiger partial charge is 0.335 e. The van der Waals surface area contributed by atoms with E-state index in [2.05, 4.69) is 10.6 Å². The van der Waals surface area contributed by atoms with Gasteiger partial charge in [0.05, 0.1) is 13.2 Å². The quantitative estimate of drug-likeness (QED) is 0.0875. The van der Waals surface area contributed by atoms with E-state index in [0.717, 1.165) is 13.8 Å². The number of ether oxygens (including phenoxy) is 7. The van der Waals surface area contributed by atoms with E-state index >= 15 is 0 Å². The van der Waals surface area contributed by atoms with Gasteiger partial charge in [0, 0.05) is 13.8 Å². The third kappa shape index (κ3) is 9.19. The number of carbonyl (C=O) groups is 4. The van der Waals surface area contributed by atoms with Crippen LogP contribution in [0.3, 0.4) is 0 Å². The summed E-state index contributed by atoms with van der Waals surface area (Å²) in [6.07, 6.45) is -36.5. The summed E-state index contributed by atoms with van der Waals surface area (Å²) in [6.45, 7) is 0.116. The summed E-state index contributed by atoms with van der Waals surface area (Å²) in [5.74, 6) is -5.28. The molecule has 0 aromatic rings. The van der Waals surface area contributed by atoms with E-state index in [1.807, 2.05) is 0 Å². The Morgan fingerprint density at radius 1 is 0.509 bits per heavy atom. The molecule has 0 aromatic carbocycles. The number of aliphatic hydroxyl groups is 10. The lowest BCUT2D eigenvalue weighted by atomic mass is 9.94. The minimum absolute atomic E-state index is 0.752. The molecule has 304 valence electrons. The topological polar surface area (TPSA) is 400 Å². The Balaban J connectivity index is 1.62. The number of carboxylic acid groups (broad SMARTS) is 2. The highest BCUT2D eigenvalue weighted by Crippen LogP contribution is 2.34. The molecule has 0 spiro atoms. The predicted molar refractivity (Wildman–Crippen MR) is 158 cm³/mol. The van der Waals surface area contributed by atoms with Crippen LogP contribution < -0.4 is 10.6 Å². The van der Waals surface area contributed by atoms with Crippen LogP contribution in [-0.2, 0) is 52.3 Å². The third-order valence-corrected chi connectivity index (χ3v) is 8.94. The number of nitrogens with one attached hydrogen (secondary N) is 2. The van der Waals surface area contributed by atoms with Gasteiger partial charge in [-0.05, 0) is 0 Å². The van der Waals surface area contributed by atoms with E-state index in [1.165, 1.54) is 0 Å². The fourth-order valence-corrected chi connectivity index (χ4v) is 6.30. The van der Waals surface area contributed by atoms with Crippen molar-refractivity contribution in [2.24, 2.45) is 0 Å². The number of amides is 2. The van der Waals surface area contributed by atoms with Crippen LogP contribution >= 0.6 is 0 Å². The summed E-state index contributed by atoms with van der Waals surface area (Å²) >= 11 is 0. The van der Waals surface area contributed by atoms with Gasteiger partial charge in [-0.25, -0.2) is 9.59 Å². The molecule has 0 aliphatic carbocycles. The predicted octanol–water partition coefficient (Wildman–Crippen LogP) is -9.28. The molecule has 14 N–H and O–H groups in total. The molecule has 4 fully saturated rings. The van der Waals surface area contributed by atoms with Crippen molar-refractivity contribution in [3.63, 3.8) is 0 Å². The minimum atomic E-state index is -2.30. The lowest BCUT2D eigenvalue weighted by Crippen LogP contribution is -2.70. The molecule has 0 aromatic heterocycles. The number of carboxylic acids is 2. The summed E-state index contributed by atoms with van der Waals surface area (Å²) in [5.41, 5.74) is 0. The number of hydrogen-bond acceptors (Lipinski definition) is 21. The lowest BCUT2D eigenvalue weighted by molar-refractivity contribution is -0.368. The Kier molecular flexibility index (Phi) is 14.4. The molecule has 2 amide bonds. The maximum Gasteiger partial charge on any atom is 0.335 e. The summed E-state index contributed by atoms with van der Waals surface area (Å²) < 4.78 is 38.0. The molecule has 25 nitrogen and oxygen atoms in total. The van der Waals surface area contributed by atoms with Crippen molar-refractivity contribution in [1.82, 2.24) is 10.6 Å². The zero-order chi connectivity index (χ0) is 39.6. The Labute approximate surface area is 298 Å². The molecule has 25 heteroatoms. The highest BCUT2D eigenvalue weighted by atomic mass is 16.8. The molecule has 53 heavy (non-hydrogen) atoms. The molecule has 0 saturated carbocycles. The van der Waals surface area contributed by atoms with Crippen molar-refractivity contribution >= 4 is 23.8 Å². The summed E-state index contributed by atoms with van der Waals surface area (Å²) in [4.78, 5) is 48.2. The summed E-state index contributed by atoms with van der Waals surface area (Å²) in [6, 6.07) is -3.38. The molecule has 4 heterocycles. The Bertz CT molecular complexity index is 1300. The number of aliphatic carboxylic acids is 2. The van der Waals surface area contributed by atoms with Crippen molar-refractivity contribution in [3.05, 3.63) is 0 Å². The SMILES string of the molecule is CC(=O)N[C@@H]1[C@@H](O[C@@H]2O[C@H](C(=O)O)[C@@H](O[C@@H]3O[C@H](CO)[C@@H](O)[C@H](O[C@@H]4O[C@H](C(=O)O)[C@@H](O)[C@H](O)[C@H]4O)[C@H]3NC(C)=O)[C@H](O)[C@H]2O)[C@H](O)[C@@H](CO)O[C@H]1O. The number of carbonyl (C=O) groups excluding carboxylic acids is 2. The first kappa shape index (κ1) is 42.9. The van der Waals surface area contributed by atoms with Gasteiger partial charge in [-0.2, -0.15) is 0 Å². The van der Waals surface area contributed by atoms with Gasteiger partial charge in [0.1, 0.15) is 85.3 Å². The minimum Gasteiger partial charge on any atom is -0.479 e. The van der Waals surface area contributed by atoms with E-state index in [9.17, 15) is 80.5 Å². The highest BCUT2D eigenvalue weighted by Gasteiger charge is 2.57. The van der Waals surface area contributed by atoms with Gasteiger partial charge < -0.3 is 105 Å². The van der Waals surface area contributed by atoms with E-state index in [4.69, 9.17) is 33.2 Å². The normalized spacial score (nSPS) is 46.3. The van der Waals surface area contributed by atoms with Crippen LogP contribution in [0.25, 0.3) is 0 Å². The average molecular weight is 777 g/mol. The van der Waals surface area contributed by atoms with Gasteiger partial charge in [0.15, 0.2) is 37.4 Å². The van der Waals surface area contributed by atoms with Gasteiger partial charge in [-0.15, -0.1) is 0 Å². The van der Waals surface area contributed by atoms with Crippen molar-refractivity contribution in [1.29, 1.82) is 0 Å². The molecule has 4 saturated heterocycles. The molecule has 4 rings (SSSR count). The van der Waals surface area contributed by atoms with Crippen LogP contribution in [0.2, 0.25) is 0 Å². The zero-order valence-corrected chi connectivity index (χ0v) is 27.8. The Hall–Kier alpha value is -2.80. The maximum absolute atomic E-state index is 12.5. The first-order valence-corrected chi connectivity index (χ1v) is 16.1. The van der Waals surface area contributed by atoms with E-state index in [1.54, 1.807) is 0 Å². The fraction of sp³-hybridized carbons (Fsp3) is 0.857.